The van der Waals surface area contributed by atoms with Crippen LogP contribution in [0, 0.1) is 0 Å². The summed E-state index contributed by atoms with van der Waals surface area (Å²) in [5.74, 6) is 0.923. The molecule has 19 heavy (non-hydrogen) atoms. The number of anilines is 1. The molecule has 6 heteroatoms. The van der Waals surface area contributed by atoms with Gasteiger partial charge in [-0.1, -0.05) is 0 Å². The van der Waals surface area contributed by atoms with Gasteiger partial charge in [0.2, 0.25) is 0 Å². The van der Waals surface area contributed by atoms with Crippen LogP contribution in [-0.2, 0) is 11.8 Å². The van der Waals surface area contributed by atoms with E-state index in [1.54, 1.807) is 0 Å². The number of imidazole rings is 1. The largest absolute Gasteiger partial charge is 0.370 e. The van der Waals surface area contributed by atoms with Gasteiger partial charge < -0.3 is 19.9 Å². The van der Waals surface area contributed by atoms with Crippen molar-refractivity contribution < 1.29 is 4.74 Å². The van der Waals surface area contributed by atoms with Gasteiger partial charge in [-0.3, -0.25) is 0 Å². The van der Waals surface area contributed by atoms with Gasteiger partial charge in [0.05, 0.1) is 24.1 Å². The lowest BCUT2D eigenvalue weighted by molar-refractivity contribution is -0.0106. The fourth-order valence-electron chi connectivity index (χ4n) is 2.63. The second-order valence-electron chi connectivity index (χ2n) is 5.07. The minimum atomic E-state index is 0.0597. The fraction of sp³-hybridized carbons (Fsp3) is 0.538. The van der Waals surface area contributed by atoms with E-state index in [-0.39, 0.29) is 12.2 Å². The smallest absolute Gasteiger partial charge is 0.156 e. The first-order chi connectivity index (χ1) is 9.19. The molecule has 3 heterocycles. The molecule has 2 aromatic heterocycles. The third kappa shape index (κ3) is 2.17. The molecular weight excluding hydrogens is 242 g/mol. The van der Waals surface area contributed by atoms with Crippen molar-refractivity contribution in [1.29, 1.82) is 0 Å². The summed E-state index contributed by atoms with van der Waals surface area (Å²) in [6.45, 7) is 4.18. The highest BCUT2D eigenvalue weighted by Crippen LogP contribution is 2.25. The molecule has 0 bridgehead atoms. The molecule has 1 aliphatic heterocycles. The average Bonchev–Trinajstić information content (AvgIpc) is 2.80. The van der Waals surface area contributed by atoms with E-state index in [1.807, 2.05) is 30.2 Å². The molecule has 102 valence electrons. The standard InChI is InChI=1S/C13H19N5O/c1-9-6-18(7-10(5-14)19-9)13-12-11(3-4-15-13)17(2)8-16-12/h3-4,8-10H,5-7,14H2,1-2H3. The van der Waals surface area contributed by atoms with Gasteiger partial charge >= 0.3 is 0 Å². The number of ether oxygens (including phenoxy) is 1. The van der Waals surface area contributed by atoms with Crippen LogP contribution < -0.4 is 10.6 Å². The highest BCUT2D eigenvalue weighted by molar-refractivity contribution is 5.86. The Bertz CT molecular complexity index is 581. The first-order valence-corrected chi connectivity index (χ1v) is 6.55. The lowest BCUT2D eigenvalue weighted by atomic mass is 10.2. The first kappa shape index (κ1) is 12.4. The van der Waals surface area contributed by atoms with E-state index in [1.165, 1.54) is 0 Å². The second-order valence-corrected chi connectivity index (χ2v) is 5.07. The van der Waals surface area contributed by atoms with E-state index in [9.17, 15) is 0 Å². The van der Waals surface area contributed by atoms with Gasteiger partial charge in [0.15, 0.2) is 5.82 Å². The zero-order valence-corrected chi connectivity index (χ0v) is 11.3. The van der Waals surface area contributed by atoms with E-state index in [2.05, 4.69) is 21.8 Å². The molecule has 0 saturated carbocycles. The summed E-state index contributed by atoms with van der Waals surface area (Å²) >= 11 is 0. The number of aryl methyl sites for hydroxylation is 1. The van der Waals surface area contributed by atoms with Gasteiger partial charge in [-0.2, -0.15) is 0 Å². The summed E-state index contributed by atoms with van der Waals surface area (Å²) in [7, 11) is 1.99. The summed E-state index contributed by atoms with van der Waals surface area (Å²) in [5.41, 5.74) is 7.76. The number of hydrogen-bond donors (Lipinski definition) is 1. The van der Waals surface area contributed by atoms with E-state index >= 15 is 0 Å². The molecule has 1 aliphatic rings. The Labute approximate surface area is 112 Å². The lowest BCUT2D eigenvalue weighted by Crippen LogP contribution is -2.49. The summed E-state index contributed by atoms with van der Waals surface area (Å²) in [5, 5.41) is 0. The van der Waals surface area contributed by atoms with Crippen molar-refractivity contribution in [3.8, 4) is 0 Å². The van der Waals surface area contributed by atoms with Crippen LogP contribution in [0.5, 0.6) is 0 Å². The Kier molecular flexibility index (Phi) is 3.12. The molecule has 2 aromatic rings. The predicted molar refractivity (Wildman–Crippen MR) is 74.1 cm³/mol. The first-order valence-electron chi connectivity index (χ1n) is 6.55. The highest BCUT2D eigenvalue weighted by atomic mass is 16.5. The normalized spacial score (nSPS) is 24.1. The van der Waals surface area contributed by atoms with Gasteiger partial charge in [0.25, 0.3) is 0 Å². The Morgan fingerprint density at radius 1 is 1.42 bits per heavy atom. The molecule has 2 atom stereocenters. The molecule has 0 spiro atoms. The topological polar surface area (TPSA) is 69.2 Å². The zero-order valence-electron chi connectivity index (χ0n) is 11.3. The molecule has 2 N–H and O–H groups in total. The third-order valence-electron chi connectivity index (χ3n) is 3.51. The Balaban J connectivity index is 1.99. The predicted octanol–water partition coefficient (Wildman–Crippen LogP) is 0.521. The van der Waals surface area contributed by atoms with E-state index in [4.69, 9.17) is 10.5 Å². The maximum absolute atomic E-state index is 5.78. The summed E-state index contributed by atoms with van der Waals surface area (Å²) < 4.78 is 7.79. The van der Waals surface area contributed by atoms with Crippen LogP contribution in [0.4, 0.5) is 5.82 Å². The SMILES string of the molecule is CC1CN(c2nccc3c2ncn3C)CC(CN)O1. The van der Waals surface area contributed by atoms with Gasteiger partial charge in [0, 0.05) is 32.9 Å². The number of nitrogens with two attached hydrogens (primary N) is 1. The fourth-order valence-corrected chi connectivity index (χ4v) is 2.63. The van der Waals surface area contributed by atoms with Crippen molar-refractivity contribution in [1.82, 2.24) is 14.5 Å². The van der Waals surface area contributed by atoms with Gasteiger partial charge in [-0.15, -0.1) is 0 Å². The van der Waals surface area contributed by atoms with Crippen LogP contribution in [0.15, 0.2) is 18.6 Å². The van der Waals surface area contributed by atoms with E-state index in [0.717, 1.165) is 29.9 Å². The van der Waals surface area contributed by atoms with Crippen molar-refractivity contribution in [3.63, 3.8) is 0 Å². The molecular formula is C13H19N5O. The van der Waals surface area contributed by atoms with Crippen LogP contribution in [-0.4, -0.2) is 46.4 Å². The maximum Gasteiger partial charge on any atom is 0.156 e. The highest BCUT2D eigenvalue weighted by Gasteiger charge is 2.26. The molecule has 0 aliphatic carbocycles. The molecule has 6 nitrogen and oxygen atoms in total. The van der Waals surface area contributed by atoms with Crippen LogP contribution >= 0.6 is 0 Å². The molecule has 1 saturated heterocycles. The number of rotatable bonds is 2. The Hall–Kier alpha value is -1.66. The van der Waals surface area contributed by atoms with Gasteiger partial charge in [-0.05, 0) is 13.0 Å². The van der Waals surface area contributed by atoms with Crippen LogP contribution in [0.2, 0.25) is 0 Å². The molecule has 3 rings (SSSR count). The van der Waals surface area contributed by atoms with Crippen LogP contribution in [0.3, 0.4) is 0 Å². The number of pyridine rings is 1. The molecule has 1 fully saturated rings. The number of hydrogen-bond acceptors (Lipinski definition) is 5. The van der Waals surface area contributed by atoms with Gasteiger partial charge in [0.1, 0.15) is 5.52 Å². The lowest BCUT2D eigenvalue weighted by Gasteiger charge is -2.37. The molecule has 0 aromatic carbocycles. The molecule has 0 amide bonds. The summed E-state index contributed by atoms with van der Waals surface area (Å²) in [4.78, 5) is 11.2. The van der Waals surface area contributed by atoms with Crippen molar-refractivity contribution in [3.05, 3.63) is 18.6 Å². The van der Waals surface area contributed by atoms with Crippen LogP contribution in [0.1, 0.15) is 6.92 Å². The minimum absolute atomic E-state index is 0.0597. The second kappa shape index (κ2) is 4.79. The number of aromatic nitrogens is 3. The molecule has 0 radical (unpaired) electrons. The maximum atomic E-state index is 5.78. The van der Waals surface area contributed by atoms with Crippen molar-refractivity contribution in [2.45, 2.75) is 19.1 Å². The quantitative estimate of drug-likeness (QED) is 0.853. The Morgan fingerprint density at radius 3 is 3.05 bits per heavy atom. The third-order valence-corrected chi connectivity index (χ3v) is 3.51. The van der Waals surface area contributed by atoms with Gasteiger partial charge in [-0.25, -0.2) is 9.97 Å². The number of morpholine rings is 1. The van der Waals surface area contributed by atoms with E-state index < -0.39 is 0 Å². The number of nitrogens with zero attached hydrogens (tertiary/aromatic N) is 4. The van der Waals surface area contributed by atoms with E-state index in [0.29, 0.717) is 6.54 Å². The van der Waals surface area contributed by atoms with Crippen molar-refractivity contribution in [2.24, 2.45) is 12.8 Å². The van der Waals surface area contributed by atoms with Crippen molar-refractivity contribution >= 4 is 16.9 Å². The molecule has 2 unspecified atom stereocenters. The number of fused-ring (bicyclic) bond motifs is 1. The summed E-state index contributed by atoms with van der Waals surface area (Å²) in [6.07, 6.45) is 3.87. The van der Waals surface area contributed by atoms with Crippen LogP contribution in [0.25, 0.3) is 11.0 Å². The summed E-state index contributed by atoms with van der Waals surface area (Å²) in [6, 6.07) is 1.98. The van der Waals surface area contributed by atoms with Crippen molar-refractivity contribution in [2.75, 3.05) is 24.5 Å². The Morgan fingerprint density at radius 2 is 2.26 bits per heavy atom. The monoisotopic (exact) mass is 261 g/mol. The zero-order chi connectivity index (χ0) is 13.4. The minimum Gasteiger partial charge on any atom is -0.370 e. The average molecular weight is 261 g/mol.